The molecule has 1 rings (SSSR count). The minimum atomic E-state index is 0.624. The number of benzene rings is 1. The molecule has 0 aliphatic rings. The zero-order valence-corrected chi connectivity index (χ0v) is 8.62. The van der Waals surface area contributed by atoms with Gasteiger partial charge >= 0.3 is 0 Å². The zero-order valence-electron chi connectivity index (χ0n) is 8.62. The van der Waals surface area contributed by atoms with E-state index in [0.29, 0.717) is 13.2 Å². The van der Waals surface area contributed by atoms with Gasteiger partial charge in [-0.2, -0.15) is 0 Å². The van der Waals surface area contributed by atoms with Gasteiger partial charge in [0, 0.05) is 5.56 Å². The van der Waals surface area contributed by atoms with E-state index in [2.05, 4.69) is 6.58 Å². The lowest BCUT2D eigenvalue weighted by molar-refractivity contribution is 0.339. The molecule has 0 saturated heterocycles. The van der Waals surface area contributed by atoms with E-state index in [1.807, 2.05) is 31.2 Å². The summed E-state index contributed by atoms with van der Waals surface area (Å²) >= 11 is 0. The molecule has 0 spiro atoms. The van der Waals surface area contributed by atoms with Crippen molar-refractivity contribution in [3.05, 3.63) is 36.4 Å². The van der Waals surface area contributed by atoms with E-state index in [4.69, 9.17) is 10.5 Å². The predicted octanol–water partition coefficient (Wildman–Crippen LogP) is 2.45. The molecule has 0 aromatic heterocycles. The fourth-order valence-electron chi connectivity index (χ4n) is 1.35. The van der Waals surface area contributed by atoms with E-state index in [1.54, 1.807) is 0 Å². The molecule has 0 fully saturated rings. The molecule has 0 radical (unpaired) electrons. The largest absolute Gasteiger partial charge is 0.493 e. The Hall–Kier alpha value is -1.28. The van der Waals surface area contributed by atoms with Crippen molar-refractivity contribution in [1.82, 2.24) is 0 Å². The van der Waals surface area contributed by atoms with E-state index in [-0.39, 0.29) is 0 Å². The summed E-state index contributed by atoms with van der Waals surface area (Å²) < 4.78 is 5.50. The summed E-state index contributed by atoms with van der Waals surface area (Å²) in [6.45, 7) is 7.27. The SMILES string of the molecule is C=C(CCN)c1ccccc1OCC. The minimum absolute atomic E-state index is 0.624. The summed E-state index contributed by atoms with van der Waals surface area (Å²) in [5, 5.41) is 0. The number of hydrogen-bond donors (Lipinski definition) is 1. The second-order valence-corrected chi connectivity index (χ2v) is 3.07. The molecule has 0 heterocycles. The minimum Gasteiger partial charge on any atom is -0.493 e. The van der Waals surface area contributed by atoms with Gasteiger partial charge in [0.2, 0.25) is 0 Å². The number of rotatable bonds is 5. The standard InChI is InChI=1S/C12H17NO/c1-3-14-12-7-5-4-6-11(12)10(2)8-9-13/h4-7H,2-3,8-9,13H2,1H3. The van der Waals surface area contributed by atoms with Gasteiger partial charge in [-0.05, 0) is 31.5 Å². The van der Waals surface area contributed by atoms with Crippen molar-refractivity contribution < 1.29 is 4.74 Å². The molecule has 2 N–H and O–H groups in total. The highest BCUT2D eigenvalue weighted by Gasteiger charge is 2.04. The van der Waals surface area contributed by atoms with Crippen LogP contribution in [0.2, 0.25) is 0 Å². The Labute approximate surface area is 85.4 Å². The first-order valence-electron chi connectivity index (χ1n) is 4.89. The molecule has 76 valence electrons. The molecule has 2 nitrogen and oxygen atoms in total. The zero-order chi connectivity index (χ0) is 10.4. The maximum absolute atomic E-state index is 5.50. The molecule has 0 atom stereocenters. The van der Waals surface area contributed by atoms with Crippen molar-refractivity contribution in [2.45, 2.75) is 13.3 Å². The lowest BCUT2D eigenvalue weighted by Crippen LogP contribution is -2.01. The van der Waals surface area contributed by atoms with Gasteiger partial charge in [-0.3, -0.25) is 0 Å². The molecule has 0 amide bonds. The monoisotopic (exact) mass is 191 g/mol. The summed E-state index contributed by atoms with van der Waals surface area (Å²) in [6.07, 6.45) is 0.810. The van der Waals surface area contributed by atoms with E-state index >= 15 is 0 Å². The topological polar surface area (TPSA) is 35.2 Å². The molecule has 1 aromatic carbocycles. The highest BCUT2D eigenvalue weighted by atomic mass is 16.5. The van der Waals surface area contributed by atoms with Crippen LogP contribution in [0.25, 0.3) is 5.57 Å². The second-order valence-electron chi connectivity index (χ2n) is 3.07. The lowest BCUT2D eigenvalue weighted by atomic mass is 10.0. The molecule has 14 heavy (non-hydrogen) atoms. The van der Waals surface area contributed by atoms with Gasteiger partial charge in [-0.25, -0.2) is 0 Å². The molecule has 0 unspecified atom stereocenters. The van der Waals surface area contributed by atoms with Crippen LogP contribution in [-0.2, 0) is 0 Å². The van der Waals surface area contributed by atoms with Crippen LogP contribution in [0.1, 0.15) is 18.9 Å². The van der Waals surface area contributed by atoms with Crippen molar-refractivity contribution in [2.24, 2.45) is 5.73 Å². The summed E-state index contributed by atoms with van der Waals surface area (Å²) in [7, 11) is 0. The summed E-state index contributed by atoms with van der Waals surface area (Å²) in [6, 6.07) is 7.92. The normalized spacial score (nSPS) is 9.86. The van der Waals surface area contributed by atoms with Gasteiger partial charge in [0.25, 0.3) is 0 Å². The number of ether oxygens (including phenoxy) is 1. The average molecular weight is 191 g/mol. The Morgan fingerprint density at radius 3 is 2.79 bits per heavy atom. The third kappa shape index (κ3) is 2.60. The summed E-state index contributed by atoms with van der Waals surface area (Å²) in [5.74, 6) is 0.897. The number of para-hydroxylation sites is 1. The molecule has 0 saturated carbocycles. The molecule has 0 aliphatic heterocycles. The molecule has 2 heteroatoms. The molecular weight excluding hydrogens is 174 g/mol. The average Bonchev–Trinajstić information content (AvgIpc) is 2.19. The van der Waals surface area contributed by atoms with Crippen molar-refractivity contribution in [3.63, 3.8) is 0 Å². The Kier molecular flexibility index (Phi) is 4.20. The quantitative estimate of drug-likeness (QED) is 0.775. The van der Waals surface area contributed by atoms with Crippen LogP contribution in [0.3, 0.4) is 0 Å². The summed E-state index contributed by atoms with van der Waals surface area (Å²) in [5.41, 5.74) is 7.60. The van der Waals surface area contributed by atoms with Crippen molar-refractivity contribution >= 4 is 5.57 Å². The van der Waals surface area contributed by atoms with Gasteiger partial charge in [-0.15, -0.1) is 0 Å². The Morgan fingerprint density at radius 2 is 2.14 bits per heavy atom. The maximum Gasteiger partial charge on any atom is 0.126 e. The fraction of sp³-hybridized carbons (Fsp3) is 0.333. The van der Waals surface area contributed by atoms with Crippen LogP contribution >= 0.6 is 0 Å². The number of nitrogens with two attached hydrogens (primary N) is 1. The van der Waals surface area contributed by atoms with Crippen molar-refractivity contribution in [1.29, 1.82) is 0 Å². The van der Waals surface area contributed by atoms with E-state index in [9.17, 15) is 0 Å². The van der Waals surface area contributed by atoms with Crippen LogP contribution in [0.15, 0.2) is 30.8 Å². The van der Waals surface area contributed by atoms with Crippen LogP contribution in [0.5, 0.6) is 5.75 Å². The Bertz CT molecular complexity index is 307. The highest BCUT2D eigenvalue weighted by Crippen LogP contribution is 2.26. The molecular formula is C12H17NO. The first kappa shape index (κ1) is 10.8. The van der Waals surface area contributed by atoms with Crippen LogP contribution < -0.4 is 10.5 Å². The van der Waals surface area contributed by atoms with E-state index < -0.39 is 0 Å². The second kappa shape index (κ2) is 5.45. The van der Waals surface area contributed by atoms with E-state index in [0.717, 1.165) is 23.3 Å². The van der Waals surface area contributed by atoms with Gasteiger partial charge in [0.05, 0.1) is 6.61 Å². The third-order valence-corrected chi connectivity index (χ3v) is 2.01. The maximum atomic E-state index is 5.50. The Balaban J connectivity index is 2.88. The first-order valence-corrected chi connectivity index (χ1v) is 4.89. The molecule has 1 aromatic rings. The Morgan fingerprint density at radius 1 is 1.43 bits per heavy atom. The predicted molar refractivity (Wildman–Crippen MR) is 60.3 cm³/mol. The van der Waals surface area contributed by atoms with Gasteiger partial charge in [0.1, 0.15) is 5.75 Å². The summed E-state index contributed by atoms with van der Waals surface area (Å²) in [4.78, 5) is 0. The smallest absolute Gasteiger partial charge is 0.126 e. The molecule has 0 bridgehead atoms. The van der Waals surface area contributed by atoms with Crippen LogP contribution in [0, 0.1) is 0 Å². The van der Waals surface area contributed by atoms with Gasteiger partial charge < -0.3 is 10.5 Å². The van der Waals surface area contributed by atoms with Gasteiger partial charge in [-0.1, -0.05) is 24.8 Å². The van der Waals surface area contributed by atoms with Crippen LogP contribution in [-0.4, -0.2) is 13.2 Å². The van der Waals surface area contributed by atoms with Crippen LogP contribution in [0.4, 0.5) is 0 Å². The number of hydrogen-bond acceptors (Lipinski definition) is 2. The van der Waals surface area contributed by atoms with Gasteiger partial charge in [0.15, 0.2) is 0 Å². The van der Waals surface area contributed by atoms with Crippen molar-refractivity contribution in [3.8, 4) is 5.75 Å². The highest BCUT2D eigenvalue weighted by molar-refractivity contribution is 5.68. The fourth-order valence-corrected chi connectivity index (χ4v) is 1.35. The molecule has 0 aliphatic carbocycles. The van der Waals surface area contributed by atoms with Crippen molar-refractivity contribution in [2.75, 3.05) is 13.2 Å². The third-order valence-electron chi connectivity index (χ3n) is 2.01. The van der Waals surface area contributed by atoms with E-state index in [1.165, 1.54) is 0 Å². The first-order chi connectivity index (χ1) is 6.79. The lowest BCUT2D eigenvalue weighted by Gasteiger charge is -2.11.